The van der Waals surface area contributed by atoms with Crippen molar-refractivity contribution in [1.82, 2.24) is 0 Å². The van der Waals surface area contributed by atoms with Crippen LogP contribution in [-0.2, 0) is 28.6 Å². The third-order valence-electron chi connectivity index (χ3n) is 13.6. The predicted octanol–water partition coefficient (Wildman–Crippen LogP) is 20.4. The molecule has 0 spiro atoms. The van der Waals surface area contributed by atoms with E-state index in [0.717, 1.165) is 77.0 Å². The molecule has 0 radical (unpaired) electrons. The maximum Gasteiger partial charge on any atom is 0.306 e. The smallest absolute Gasteiger partial charge is 0.306 e. The van der Waals surface area contributed by atoms with Gasteiger partial charge in [0.25, 0.3) is 0 Å². The van der Waals surface area contributed by atoms with E-state index in [4.69, 9.17) is 14.2 Å². The van der Waals surface area contributed by atoms with Crippen molar-refractivity contribution in [3.8, 4) is 0 Å². The highest BCUT2D eigenvalue weighted by molar-refractivity contribution is 5.71. The molecular weight excluding hydrogens is 853 g/mol. The van der Waals surface area contributed by atoms with E-state index in [1.807, 2.05) is 0 Å². The first-order valence-electron chi connectivity index (χ1n) is 30.5. The fourth-order valence-corrected chi connectivity index (χ4v) is 9.00. The topological polar surface area (TPSA) is 78.9 Å². The summed E-state index contributed by atoms with van der Waals surface area (Å²) in [6.45, 7) is 6.65. The highest BCUT2D eigenvalue weighted by Crippen LogP contribution is 2.17. The molecule has 0 aromatic rings. The summed E-state index contributed by atoms with van der Waals surface area (Å²) in [7, 11) is 0. The fourth-order valence-electron chi connectivity index (χ4n) is 9.00. The van der Waals surface area contributed by atoms with Crippen LogP contribution in [0.25, 0.3) is 0 Å². The highest BCUT2D eigenvalue weighted by Gasteiger charge is 2.19. The number of ether oxygens (including phenoxy) is 3. The number of esters is 3. The molecule has 0 rings (SSSR count). The first-order chi connectivity index (χ1) is 34.0. The van der Waals surface area contributed by atoms with Gasteiger partial charge >= 0.3 is 17.9 Å². The molecule has 69 heavy (non-hydrogen) atoms. The van der Waals surface area contributed by atoms with E-state index in [1.54, 1.807) is 0 Å². The van der Waals surface area contributed by atoms with E-state index in [-0.39, 0.29) is 31.1 Å². The second-order valence-corrected chi connectivity index (χ2v) is 20.6. The van der Waals surface area contributed by atoms with Crippen LogP contribution >= 0.6 is 0 Å². The predicted molar refractivity (Wildman–Crippen MR) is 298 cm³/mol. The van der Waals surface area contributed by atoms with E-state index in [0.29, 0.717) is 19.3 Å². The standard InChI is InChI=1S/C63H116O6/c1-4-7-10-13-16-19-22-25-28-30-31-33-36-39-42-45-48-51-54-57-63(66)69-60(58-67-61(64)55-52-49-46-43-40-37-34-27-24-21-18-15-12-9-6-3)59-68-62(65)56-53-50-47-44-41-38-35-32-29-26-23-20-17-14-11-8-5-2/h18,21,25,27-28,34,60H,4-17,19-20,22-24,26,29-33,35-59H2,1-3H3/b21-18-,28-25-,34-27-/t60-/m1/s1. The first kappa shape index (κ1) is 66.6. The molecule has 0 N–H and O–H groups in total. The maximum atomic E-state index is 12.9. The molecule has 0 aliphatic carbocycles. The molecule has 6 heteroatoms. The summed E-state index contributed by atoms with van der Waals surface area (Å²) >= 11 is 0. The molecule has 0 aromatic heterocycles. The number of hydrogen-bond donors (Lipinski definition) is 0. The molecule has 6 nitrogen and oxygen atoms in total. The molecule has 0 fully saturated rings. The van der Waals surface area contributed by atoms with Crippen LogP contribution in [0.5, 0.6) is 0 Å². The van der Waals surface area contributed by atoms with Crippen molar-refractivity contribution in [2.45, 2.75) is 335 Å². The molecule has 0 aromatic carbocycles. The van der Waals surface area contributed by atoms with Gasteiger partial charge in [-0.3, -0.25) is 14.4 Å². The van der Waals surface area contributed by atoms with Crippen molar-refractivity contribution in [2.75, 3.05) is 13.2 Å². The Morgan fingerprint density at radius 3 is 0.841 bits per heavy atom. The van der Waals surface area contributed by atoms with Crippen molar-refractivity contribution in [2.24, 2.45) is 0 Å². The molecule has 0 saturated carbocycles. The lowest BCUT2D eigenvalue weighted by Gasteiger charge is -2.18. The Kier molecular flexibility index (Phi) is 56.2. The summed E-state index contributed by atoms with van der Waals surface area (Å²) in [5.74, 6) is -0.869. The molecule has 0 unspecified atom stereocenters. The zero-order chi connectivity index (χ0) is 50.0. The Morgan fingerprint density at radius 2 is 0.522 bits per heavy atom. The first-order valence-corrected chi connectivity index (χ1v) is 30.5. The van der Waals surface area contributed by atoms with Crippen LogP contribution in [-0.4, -0.2) is 37.2 Å². The van der Waals surface area contributed by atoms with Crippen molar-refractivity contribution >= 4 is 17.9 Å². The molecular formula is C63H116O6. The third-order valence-corrected chi connectivity index (χ3v) is 13.6. The molecule has 0 bridgehead atoms. The molecule has 0 aliphatic heterocycles. The summed E-state index contributed by atoms with van der Waals surface area (Å²) in [5.41, 5.74) is 0. The molecule has 0 amide bonds. The summed E-state index contributed by atoms with van der Waals surface area (Å²) in [4.78, 5) is 38.2. The molecule has 404 valence electrons. The number of hydrogen-bond acceptors (Lipinski definition) is 6. The minimum Gasteiger partial charge on any atom is -0.462 e. The van der Waals surface area contributed by atoms with Gasteiger partial charge in [0.1, 0.15) is 13.2 Å². The quantitative estimate of drug-likeness (QED) is 0.0261. The van der Waals surface area contributed by atoms with Crippen LogP contribution in [0.1, 0.15) is 329 Å². The lowest BCUT2D eigenvalue weighted by Crippen LogP contribution is -2.30. The number of allylic oxidation sites excluding steroid dienone is 6. The van der Waals surface area contributed by atoms with Gasteiger partial charge < -0.3 is 14.2 Å². The average Bonchev–Trinajstić information content (AvgIpc) is 3.35. The van der Waals surface area contributed by atoms with E-state index in [1.165, 1.54) is 212 Å². The third kappa shape index (κ3) is 56.4. The molecule has 1 atom stereocenters. The second kappa shape index (κ2) is 58.2. The van der Waals surface area contributed by atoms with Crippen LogP contribution in [0.4, 0.5) is 0 Å². The second-order valence-electron chi connectivity index (χ2n) is 20.6. The Bertz CT molecular complexity index is 1160. The van der Waals surface area contributed by atoms with Gasteiger partial charge in [-0.2, -0.15) is 0 Å². The minimum atomic E-state index is -0.777. The number of rotatable bonds is 56. The van der Waals surface area contributed by atoms with Gasteiger partial charge in [0.2, 0.25) is 0 Å². The molecule has 0 aliphatic rings. The monoisotopic (exact) mass is 969 g/mol. The minimum absolute atomic E-state index is 0.0734. The van der Waals surface area contributed by atoms with Gasteiger partial charge in [-0.1, -0.05) is 269 Å². The van der Waals surface area contributed by atoms with Crippen molar-refractivity contribution in [3.05, 3.63) is 36.5 Å². The van der Waals surface area contributed by atoms with Crippen LogP contribution in [0.3, 0.4) is 0 Å². The van der Waals surface area contributed by atoms with Gasteiger partial charge in [0.05, 0.1) is 0 Å². The van der Waals surface area contributed by atoms with Crippen LogP contribution in [0.2, 0.25) is 0 Å². The number of carbonyl (C=O) groups is 3. The van der Waals surface area contributed by atoms with Gasteiger partial charge in [-0.15, -0.1) is 0 Å². The van der Waals surface area contributed by atoms with Crippen LogP contribution in [0.15, 0.2) is 36.5 Å². The number of unbranched alkanes of at least 4 members (excludes halogenated alkanes) is 39. The highest BCUT2D eigenvalue weighted by atomic mass is 16.6. The van der Waals surface area contributed by atoms with Crippen LogP contribution in [0, 0.1) is 0 Å². The van der Waals surface area contributed by atoms with E-state index < -0.39 is 6.10 Å². The largest absolute Gasteiger partial charge is 0.462 e. The van der Waals surface area contributed by atoms with Gasteiger partial charge in [0, 0.05) is 19.3 Å². The SMILES string of the molecule is CCCCC/C=C\C/C=C\CCCCCCCC(=O)OC[C@H](COC(=O)CCCCCCCCCCCCCCCCCCC)OC(=O)CCCCCCCCCCC/C=C\CCCCCCCC. The van der Waals surface area contributed by atoms with Crippen molar-refractivity contribution in [3.63, 3.8) is 0 Å². The average molecular weight is 970 g/mol. The Labute approximate surface area is 429 Å². The maximum absolute atomic E-state index is 12.9. The van der Waals surface area contributed by atoms with Gasteiger partial charge in [0.15, 0.2) is 6.10 Å². The van der Waals surface area contributed by atoms with Gasteiger partial charge in [-0.05, 0) is 77.0 Å². The van der Waals surface area contributed by atoms with E-state index in [9.17, 15) is 14.4 Å². The summed E-state index contributed by atoms with van der Waals surface area (Å²) in [6, 6.07) is 0. The lowest BCUT2D eigenvalue weighted by atomic mass is 10.0. The fraction of sp³-hybridized carbons (Fsp3) is 0.857. The summed E-state index contributed by atoms with van der Waals surface area (Å²) in [5, 5.41) is 0. The molecule has 0 heterocycles. The Morgan fingerprint density at radius 1 is 0.290 bits per heavy atom. The lowest BCUT2D eigenvalue weighted by molar-refractivity contribution is -0.167. The normalized spacial score (nSPS) is 12.2. The van der Waals surface area contributed by atoms with E-state index in [2.05, 4.69) is 57.2 Å². The molecule has 0 saturated heterocycles. The Hall–Kier alpha value is -2.37. The van der Waals surface area contributed by atoms with E-state index >= 15 is 0 Å². The number of carbonyl (C=O) groups excluding carboxylic acids is 3. The van der Waals surface area contributed by atoms with Crippen molar-refractivity contribution < 1.29 is 28.6 Å². The Balaban J connectivity index is 4.35. The van der Waals surface area contributed by atoms with Gasteiger partial charge in [-0.25, -0.2) is 0 Å². The summed E-state index contributed by atoms with van der Waals surface area (Å²) in [6.07, 6.45) is 69.9. The van der Waals surface area contributed by atoms with Crippen molar-refractivity contribution in [1.29, 1.82) is 0 Å². The van der Waals surface area contributed by atoms with Crippen LogP contribution < -0.4 is 0 Å². The zero-order valence-electron chi connectivity index (χ0n) is 46.3. The zero-order valence-corrected chi connectivity index (χ0v) is 46.3. The summed E-state index contributed by atoms with van der Waals surface area (Å²) < 4.78 is 16.9.